The van der Waals surface area contributed by atoms with Gasteiger partial charge in [0.05, 0.1) is 13.2 Å². The highest BCUT2D eigenvalue weighted by molar-refractivity contribution is 6.01. The molecular formula is C14H19NO6. The predicted octanol–water partition coefficient (Wildman–Crippen LogP) is 0.804. The van der Waals surface area contributed by atoms with Crippen molar-refractivity contribution in [1.29, 1.82) is 0 Å². The summed E-state index contributed by atoms with van der Waals surface area (Å²) in [4.78, 5) is 35.5. The lowest BCUT2D eigenvalue weighted by atomic mass is 10.2. The topological polar surface area (TPSA) is 82.1 Å². The summed E-state index contributed by atoms with van der Waals surface area (Å²) < 4.78 is 14.5. The van der Waals surface area contributed by atoms with E-state index >= 15 is 0 Å². The van der Waals surface area contributed by atoms with Gasteiger partial charge in [-0.05, 0) is 26.1 Å². The third-order valence-corrected chi connectivity index (χ3v) is 1.97. The van der Waals surface area contributed by atoms with Crippen LogP contribution in [0.15, 0.2) is 29.9 Å². The molecule has 0 N–H and O–H groups in total. The molecule has 0 aromatic rings. The second-order valence-corrected chi connectivity index (χ2v) is 3.82. The van der Waals surface area contributed by atoms with Crippen molar-refractivity contribution in [2.24, 2.45) is 0 Å². The van der Waals surface area contributed by atoms with Gasteiger partial charge in [-0.1, -0.05) is 0 Å². The molecule has 0 atom stereocenters. The van der Waals surface area contributed by atoms with E-state index in [9.17, 15) is 14.4 Å². The smallest absolute Gasteiger partial charge is 0.374 e. The van der Waals surface area contributed by atoms with E-state index in [0.29, 0.717) is 6.26 Å². The summed E-state index contributed by atoms with van der Waals surface area (Å²) in [5, 5.41) is 0. The fraction of sp³-hybridized carbons (Fsp3) is 0.429. The quantitative estimate of drug-likeness (QED) is 0.215. The van der Waals surface area contributed by atoms with E-state index in [1.165, 1.54) is 18.2 Å². The molecule has 21 heavy (non-hydrogen) atoms. The van der Waals surface area contributed by atoms with E-state index in [1.807, 2.05) is 0 Å². The lowest BCUT2D eigenvalue weighted by Gasteiger charge is -2.11. The minimum Gasteiger partial charge on any atom is -0.486 e. The average molecular weight is 297 g/mol. The second-order valence-electron chi connectivity index (χ2n) is 3.82. The van der Waals surface area contributed by atoms with Crippen LogP contribution < -0.4 is 0 Å². The summed E-state index contributed by atoms with van der Waals surface area (Å²) in [5.74, 6) is -0.675. The molecule has 7 nitrogen and oxygen atoms in total. The largest absolute Gasteiger partial charge is 0.486 e. The average Bonchev–Trinajstić information content (AvgIpc) is 2.43. The molecule has 0 rings (SSSR count). The Morgan fingerprint density at radius 2 is 1.71 bits per heavy atom. The summed E-state index contributed by atoms with van der Waals surface area (Å²) in [6.07, 6.45) is 3.42. The zero-order valence-corrected chi connectivity index (χ0v) is 12.5. The fourth-order valence-electron chi connectivity index (χ4n) is 1.19. The van der Waals surface area contributed by atoms with E-state index in [1.54, 1.807) is 32.8 Å². The highest BCUT2D eigenvalue weighted by Crippen LogP contribution is 2.13. The number of nitrogens with zero attached hydrogens (tertiary/aromatic N) is 1. The Balaban J connectivity index is 5.71. The van der Waals surface area contributed by atoms with Crippen LogP contribution >= 0.6 is 0 Å². The molecule has 0 fully saturated rings. The van der Waals surface area contributed by atoms with Crippen LogP contribution in [0.5, 0.6) is 0 Å². The molecule has 0 unspecified atom stereocenters. The number of ether oxygens (including phenoxy) is 3. The molecule has 7 heteroatoms. The van der Waals surface area contributed by atoms with Gasteiger partial charge in [0, 0.05) is 14.1 Å². The van der Waals surface area contributed by atoms with Crippen LogP contribution in [0.3, 0.4) is 0 Å². The molecule has 0 bridgehead atoms. The van der Waals surface area contributed by atoms with Gasteiger partial charge in [0.2, 0.25) is 5.76 Å². The normalized spacial score (nSPS) is 11.2. The van der Waals surface area contributed by atoms with Gasteiger partial charge < -0.3 is 19.1 Å². The first-order chi connectivity index (χ1) is 9.97. The van der Waals surface area contributed by atoms with Gasteiger partial charge in [-0.2, -0.15) is 0 Å². The molecule has 0 aliphatic rings. The van der Waals surface area contributed by atoms with Gasteiger partial charge in [0.15, 0.2) is 12.2 Å². The predicted molar refractivity (Wildman–Crippen MR) is 74.5 cm³/mol. The van der Waals surface area contributed by atoms with Crippen LogP contribution in [0.1, 0.15) is 13.8 Å². The number of hydrogen-bond donors (Lipinski definition) is 0. The third kappa shape index (κ3) is 6.98. The zero-order chi connectivity index (χ0) is 16.3. The van der Waals surface area contributed by atoms with Crippen LogP contribution in [0, 0.1) is 0 Å². The maximum absolute atomic E-state index is 11.9. The number of rotatable bonds is 8. The highest BCUT2D eigenvalue weighted by Gasteiger charge is 2.23. The van der Waals surface area contributed by atoms with E-state index in [4.69, 9.17) is 9.47 Å². The van der Waals surface area contributed by atoms with Gasteiger partial charge >= 0.3 is 11.9 Å². The number of esters is 2. The Bertz CT molecular complexity index is 472. The van der Waals surface area contributed by atoms with Crippen LogP contribution in [0.25, 0.3) is 0 Å². The summed E-state index contributed by atoms with van der Waals surface area (Å²) in [6, 6.07) is 0. The summed E-state index contributed by atoms with van der Waals surface area (Å²) >= 11 is 0. The van der Waals surface area contributed by atoms with Crippen molar-refractivity contribution in [3.8, 4) is 0 Å². The summed E-state index contributed by atoms with van der Waals surface area (Å²) in [7, 11) is 3.46. The maximum atomic E-state index is 11.9. The van der Waals surface area contributed by atoms with E-state index in [-0.39, 0.29) is 24.5 Å². The molecule has 0 aromatic carbocycles. The minimum absolute atomic E-state index is 0.128. The Labute approximate surface area is 123 Å². The summed E-state index contributed by atoms with van der Waals surface area (Å²) in [5.41, 5.74) is -0.157. The Kier molecular flexibility index (Phi) is 9.04. The first-order valence-corrected chi connectivity index (χ1v) is 6.27. The second kappa shape index (κ2) is 10.3. The molecule has 0 radical (unpaired) electrons. The minimum atomic E-state index is -0.923. The van der Waals surface area contributed by atoms with Crippen LogP contribution in [0.2, 0.25) is 0 Å². The zero-order valence-electron chi connectivity index (χ0n) is 12.5. The van der Waals surface area contributed by atoms with Crippen LogP contribution in [0.4, 0.5) is 0 Å². The monoisotopic (exact) mass is 297 g/mol. The summed E-state index contributed by atoms with van der Waals surface area (Å²) in [6.45, 7) is 3.57. The lowest BCUT2D eigenvalue weighted by molar-refractivity contribution is -0.144. The van der Waals surface area contributed by atoms with Gasteiger partial charge in [-0.15, -0.1) is 0 Å². The van der Waals surface area contributed by atoms with Crippen molar-refractivity contribution in [3.63, 3.8) is 0 Å². The molecule has 0 saturated heterocycles. The van der Waals surface area contributed by atoms with Crippen molar-refractivity contribution in [2.45, 2.75) is 13.8 Å². The Hall–Kier alpha value is -2.53. The molecule has 0 amide bonds. The Morgan fingerprint density at radius 3 is 2.19 bits per heavy atom. The van der Waals surface area contributed by atoms with Gasteiger partial charge in [-0.3, -0.25) is 0 Å². The van der Waals surface area contributed by atoms with Crippen molar-refractivity contribution in [1.82, 2.24) is 4.90 Å². The molecule has 0 spiro atoms. The van der Waals surface area contributed by atoms with Gasteiger partial charge in [-0.25, -0.2) is 14.4 Å². The van der Waals surface area contributed by atoms with Crippen molar-refractivity contribution < 1.29 is 28.6 Å². The molecule has 0 aliphatic carbocycles. The van der Waals surface area contributed by atoms with Crippen LogP contribution in [-0.2, 0) is 28.6 Å². The lowest BCUT2D eigenvalue weighted by Crippen LogP contribution is -2.17. The van der Waals surface area contributed by atoms with Gasteiger partial charge in [0.1, 0.15) is 5.57 Å². The van der Waals surface area contributed by atoms with E-state index < -0.39 is 11.9 Å². The standard InChI is InChI=1S/C14H19NO6/c1-5-19-12(14(18)20-6-2)11(7-8-15(3)4)13(17)21-10-9-16/h7-8,10H,5-6H2,1-4H3. The number of carbonyl (C=O) groups excluding carboxylic acids is 3. The fourth-order valence-corrected chi connectivity index (χ4v) is 1.19. The molecule has 116 valence electrons. The highest BCUT2D eigenvalue weighted by atomic mass is 16.6. The maximum Gasteiger partial charge on any atom is 0.374 e. The SMILES string of the molecule is CCOC(=O)C(OCC)=C(C=CN(C)C)C(=O)OC=C=O. The molecule has 0 aliphatic heterocycles. The Morgan fingerprint density at radius 1 is 1.10 bits per heavy atom. The number of hydrogen-bond acceptors (Lipinski definition) is 7. The number of carbonyl (C=O) groups is 2. The molecular weight excluding hydrogens is 278 g/mol. The van der Waals surface area contributed by atoms with E-state index in [2.05, 4.69) is 4.74 Å². The first-order valence-electron chi connectivity index (χ1n) is 6.27. The van der Waals surface area contributed by atoms with Crippen molar-refractivity contribution in [2.75, 3.05) is 27.3 Å². The van der Waals surface area contributed by atoms with Crippen molar-refractivity contribution >= 4 is 17.9 Å². The molecule has 0 saturated carbocycles. The first kappa shape index (κ1) is 18.5. The molecule has 0 aromatic heterocycles. The van der Waals surface area contributed by atoms with Gasteiger partial charge in [0.25, 0.3) is 0 Å². The van der Waals surface area contributed by atoms with Crippen molar-refractivity contribution in [3.05, 3.63) is 29.9 Å². The molecule has 0 heterocycles. The van der Waals surface area contributed by atoms with E-state index in [0.717, 1.165) is 0 Å². The third-order valence-electron chi connectivity index (χ3n) is 1.97. The van der Waals surface area contributed by atoms with Crippen LogP contribution in [-0.4, -0.2) is 50.1 Å².